The molecule has 0 aromatic heterocycles. The molecular formula is C14H13Cl2NO. The Morgan fingerprint density at radius 2 is 1.89 bits per heavy atom. The van der Waals surface area contributed by atoms with Gasteiger partial charge in [-0.3, -0.25) is 0 Å². The van der Waals surface area contributed by atoms with Crippen molar-refractivity contribution in [3.8, 4) is 5.75 Å². The molecule has 2 nitrogen and oxygen atoms in total. The lowest BCUT2D eigenvalue weighted by molar-refractivity contribution is 0.308. The fourth-order valence-electron chi connectivity index (χ4n) is 1.57. The van der Waals surface area contributed by atoms with Crippen LogP contribution in [0.4, 0.5) is 5.69 Å². The summed E-state index contributed by atoms with van der Waals surface area (Å²) in [6.07, 6.45) is 0. The van der Waals surface area contributed by atoms with Gasteiger partial charge in [-0.05, 0) is 36.2 Å². The number of anilines is 1. The Kier molecular flexibility index (Phi) is 4.00. The second-order valence-corrected chi connectivity index (χ2v) is 4.84. The minimum Gasteiger partial charge on any atom is -0.487 e. The van der Waals surface area contributed by atoms with Gasteiger partial charge in [0.1, 0.15) is 12.4 Å². The van der Waals surface area contributed by atoms with Gasteiger partial charge < -0.3 is 10.5 Å². The number of benzene rings is 2. The third kappa shape index (κ3) is 2.89. The van der Waals surface area contributed by atoms with E-state index < -0.39 is 0 Å². The first-order valence-corrected chi connectivity index (χ1v) is 6.25. The van der Waals surface area contributed by atoms with Crippen LogP contribution in [0.25, 0.3) is 0 Å². The minimum absolute atomic E-state index is 0.407. The monoisotopic (exact) mass is 281 g/mol. The maximum Gasteiger partial charge on any atom is 0.142 e. The lowest BCUT2D eigenvalue weighted by Crippen LogP contribution is -2.00. The van der Waals surface area contributed by atoms with Gasteiger partial charge in [0.25, 0.3) is 0 Å². The molecule has 0 aliphatic carbocycles. The molecule has 2 aromatic rings. The third-order valence-electron chi connectivity index (χ3n) is 2.66. The van der Waals surface area contributed by atoms with Gasteiger partial charge in [-0.15, -0.1) is 0 Å². The number of para-hydroxylation sites is 1. The van der Waals surface area contributed by atoms with E-state index >= 15 is 0 Å². The van der Waals surface area contributed by atoms with Crippen LogP contribution in [0.15, 0.2) is 36.4 Å². The molecule has 0 radical (unpaired) electrons. The molecule has 0 bridgehead atoms. The summed E-state index contributed by atoms with van der Waals surface area (Å²) < 4.78 is 5.67. The normalized spacial score (nSPS) is 10.4. The Morgan fingerprint density at radius 1 is 1.11 bits per heavy atom. The summed E-state index contributed by atoms with van der Waals surface area (Å²) in [6, 6.07) is 11.1. The van der Waals surface area contributed by atoms with E-state index in [1.165, 1.54) is 0 Å². The fraction of sp³-hybridized carbons (Fsp3) is 0.143. The Balaban J connectivity index is 2.11. The summed E-state index contributed by atoms with van der Waals surface area (Å²) in [6.45, 7) is 2.35. The molecule has 0 spiro atoms. The van der Waals surface area contributed by atoms with Gasteiger partial charge >= 0.3 is 0 Å². The van der Waals surface area contributed by atoms with Crippen LogP contribution in [0.3, 0.4) is 0 Å². The molecule has 0 saturated carbocycles. The highest BCUT2D eigenvalue weighted by Crippen LogP contribution is 2.27. The molecule has 0 unspecified atom stereocenters. The topological polar surface area (TPSA) is 35.2 Å². The molecule has 2 N–H and O–H groups in total. The number of hydrogen-bond acceptors (Lipinski definition) is 2. The van der Waals surface area contributed by atoms with Crippen molar-refractivity contribution in [2.24, 2.45) is 0 Å². The predicted octanol–water partition coefficient (Wildman–Crippen LogP) is 4.46. The highest BCUT2D eigenvalue weighted by Gasteiger charge is 2.04. The van der Waals surface area contributed by atoms with Gasteiger partial charge in [-0.25, -0.2) is 0 Å². The van der Waals surface area contributed by atoms with Crippen LogP contribution >= 0.6 is 23.2 Å². The van der Waals surface area contributed by atoms with Crippen LogP contribution in [0, 0.1) is 6.92 Å². The number of rotatable bonds is 3. The number of nitrogens with two attached hydrogens (primary N) is 1. The minimum atomic E-state index is 0.407. The van der Waals surface area contributed by atoms with Crippen LogP contribution in [-0.4, -0.2) is 0 Å². The molecule has 0 fully saturated rings. The maximum absolute atomic E-state index is 5.94. The highest BCUT2D eigenvalue weighted by molar-refractivity contribution is 6.42. The molecule has 0 saturated heterocycles. The summed E-state index contributed by atoms with van der Waals surface area (Å²) >= 11 is 11.8. The molecule has 0 heterocycles. The van der Waals surface area contributed by atoms with Crippen LogP contribution < -0.4 is 10.5 Å². The number of ether oxygens (including phenoxy) is 1. The first-order chi connectivity index (χ1) is 8.58. The second kappa shape index (κ2) is 5.51. The van der Waals surface area contributed by atoms with Crippen molar-refractivity contribution in [1.82, 2.24) is 0 Å². The molecule has 0 atom stereocenters. The van der Waals surface area contributed by atoms with Crippen molar-refractivity contribution in [1.29, 1.82) is 0 Å². The molecule has 0 aliphatic heterocycles. The SMILES string of the molecule is Cc1cccc(OCc2ccc(Cl)c(Cl)c2)c1N. The largest absolute Gasteiger partial charge is 0.487 e. The van der Waals surface area contributed by atoms with Gasteiger partial charge in [-0.2, -0.15) is 0 Å². The average Bonchev–Trinajstić information content (AvgIpc) is 2.35. The summed E-state index contributed by atoms with van der Waals surface area (Å²) in [5.74, 6) is 0.682. The molecule has 2 rings (SSSR count). The third-order valence-corrected chi connectivity index (χ3v) is 3.40. The van der Waals surface area contributed by atoms with Crippen LogP contribution in [-0.2, 0) is 6.61 Å². The average molecular weight is 282 g/mol. The summed E-state index contributed by atoms with van der Waals surface area (Å²) in [4.78, 5) is 0. The second-order valence-electron chi connectivity index (χ2n) is 4.02. The van der Waals surface area contributed by atoms with E-state index in [4.69, 9.17) is 33.7 Å². The van der Waals surface area contributed by atoms with Crippen molar-refractivity contribution < 1.29 is 4.74 Å². The van der Waals surface area contributed by atoms with Crippen LogP contribution in [0.1, 0.15) is 11.1 Å². The number of nitrogen functional groups attached to an aromatic ring is 1. The van der Waals surface area contributed by atoms with Crippen molar-refractivity contribution in [2.45, 2.75) is 13.5 Å². The zero-order valence-electron chi connectivity index (χ0n) is 9.91. The summed E-state index contributed by atoms with van der Waals surface area (Å²) in [7, 11) is 0. The van der Waals surface area contributed by atoms with E-state index in [1.54, 1.807) is 12.1 Å². The van der Waals surface area contributed by atoms with Crippen LogP contribution in [0.5, 0.6) is 5.75 Å². The van der Waals surface area contributed by atoms with E-state index in [2.05, 4.69) is 0 Å². The highest BCUT2D eigenvalue weighted by atomic mass is 35.5. The van der Waals surface area contributed by atoms with E-state index in [9.17, 15) is 0 Å². The van der Waals surface area contributed by atoms with E-state index in [0.29, 0.717) is 28.1 Å². The van der Waals surface area contributed by atoms with Crippen molar-refractivity contribution in [2.75, 3.05) is 5.73 Å². The molecule has 0 amide bonds. The Labute approximate surface area is 116 Å². The molecule has 4 heteroatoms. The Hall–Kier alpha value is -1.38. The summed E-state index contributed by atoms with van der Waals surface area (Å²) in [5, 5.41) is 1.06. The van der Waals surface area contributed by atoms with Crippen molar-refractivity contribution >= 4 is 28.9 Å². The standard InChI is InChI=1S/C14H13Cl2NO/c1-9-3-2-4-13(14(9)17)18-8-10-5-6-11(15)12(16)7-10/h2-7H,8,17H2,1H3. The molecule has 0 aliphatic rings. The molecule has 18 heavy (non-hydrogen) atoms. The van der Waals surface area contributed by atoms with Crippen molar-refractivity contribution in [3.63, 3.8) is 0 Å². The molecule has 2 aromatic carbocycles. The number of hydrogen-bond donors (Lipinski definition) is 1. The lowest BCUT2D eigenvalue weighted by atomic mass is 10.2. The van der Waals surface area contributed by atoms with Gasteiger partial charge in [-0.1, -0.05) is 41.4 Å². The van der Waals surface area contributed by atoms with Crippen molar-refractivity contribution in [3.05, 3.63) is 57.6 Å². The zero-order chi connectivity index (χ0) is 13.1. The van der Waals surface area contributed by atoms with Gasteiger partial charge in [0, 0.05) is 0 Å². The van der Waals surface area contributed by atoms with E-state index in [1.807, 2.05) is 31.2 Å². The zero-order valence-corrected chi connectivity index (χ0v) is 11.4. The predicted molar refractivity (Wildman–Crippen MR) is 76.4 cm³/mol. The maximum atomic E-state index is 5.94. The smallest absolute Gasteiger partial charge is 0.142 e. The van der Waals surface area contributed by atoms with Gasteiger partial charge in [0.2, 0.25) is 0 Å². The first kappa shape index (κ1) is 13.1. The van der Waals surface area contributed by atoms with Gasteiger partial charge in [0.15, 0.2) is 0 Å². The fourth-order valence-corrected chi connectivity index (χ4v) is 1.89. The molecular weight excluding hydrogens is 269 g/mol. The van der Waals surface area contributed by atoms with E-state index in [-0.39, 0.29) is 0 Å². The quantitative estimate of drug-likeness (QED) is 0.843. The number of halogens is 2. The molecule has 94 valence electrons. The summed E-state index contributed by atoms with van der Waals surface area (Å²) in [5.41, 5.74) is 8.54. The number of aryl methyl sites for hydroxylation is 1. The van der Waals surface area contributed by atoms with Gasteiger partial charge in [0.05, 0.1) is 15.7 Å². The lowest BCUT2D eigenvalue weighted by Gasteiger charge is -2.11. The van der Waals surface area contributed by atoms with E-state index in [0.717, 1.165) is 11.1 Å². The Morgan fingerprint density at radius 3 is 2.61 bits per heavy atom. The van der Waals surface area contributed by atoms with Crippen LogP contribution in [0.2, 0.25) is 10.0 Å². The first-order valence-electron chi connectivity index (χ1n) is 5.50. The Bertz CT molecular complexity index is 570.